The molecular formula is C25H26N6O5. The number of nitrogens with one attached hydrogen (secondary N) is 4. The molecule has 2 heterocycles. The normalized spacial score (nSPS) is 10.6. The molecule has 0 aliphatic rings. The standard InChI is InChI=1S/C25H26N6O5/c1-4-26-24(33)30-29-23(32)18-13-17-19(14-22(18)35-3)28-10-8-21(17)36-16-6-7-20-15(12-16)9-11-31(20)25(34)27-5-2/h6-14H,4-5H2,1-3H3,(H,27,34)(H,29,32)(H2,26,30,33). The second-order valence-corrected chi connectivity index (χ2v) is 7.66. The van der Waals surface area contributed by atoms with Crippen molar-refractivity contribution in [2.75, 3.05) is 20.2 Å². The van der Waals surface area contributed by atoms with E-state index < -0.39 is 11.9 Å². The molecule has 0 aliphatic heterocycles. The van der Waals surface area contributed by atoms with Crippen molar-refractivity contribution in [2.45, 2.75) is 13.8 Å². The van der Waals surface area contributed by atoms with E-state index in [2.05, 4.69) is 26.5 Å². The van der Waals surface area contributed by atoms with Gasteiger partial charge in [-0.2, -0.15) is 0 Å². The van der Waals surface area contributed by atoms with Gasteiger partial charge in [0.25, 0.3) is 5.91 Å². The van der Waals surface area contributed by atoms with Crippen LogP contribution < -0.4 is 31.0 Å². The van der Waals surface area contributed by atoms with Crippen molar-refractivity contribution in [3.8, 4) is 17.2 Å². The van der Waals surface area contributed by atoms with Gasteiger partial charge in [0.1, 0.15) is 17.2 Å². The molecular weight excluding hydrogens is 464 g/mol. The van der Waals surface area contributed by atoms with Crippen LogP contribution in [0.15, 0.2) is 54.9 Å². The molecule has 4 rings (SSSR count). The number of hydrogen-bond acceptors (Lipinski definition) is 6. The molecule has 4 aromatic rings. The van der Waals surface area contributed by atoms with E-state index in [1.54, 1.807) is 49.6 Å². The Bertz CT molecular complexity index is 1450. The number of carbonyl (C=O) groups is 3. The number of carbonyl (C=O) groups excluding carboxylic acids is 3. The van der Waals surface area contributed by atoms with Gasteiger partial charge in [0.2, 0.25) is 0 Å². The lowest BCUT2D eigenvalue weighted by molar-refractivity contribution is 0.0933. The van der Waals surface area contributed by atoms with Crippen LogP contribution in [0.4, 0.5) is 9.59 Å². The third-order valence-corrected chi connectivity index (χ3v) is 5.33. The molecule has 36 heavy (non-hydrogen) atoms. The van der Waals surface area contributed by atoms with E-state index in [0.29, 0.717) is 35.5 Å². The van der Waals surface area contributed by atoms with Crippen LogP contribution in [0.5, 0.6) is 17.2 Å². The molecule has 11 heteroatoms. The van der Waals surface area contributed by atoms with Crippen molar-refractivity contribution in [1.82, 2.24) is 31.0 Å². The molecule has 0 saturated heterocycles. The molecule has 4 amide bonds. The smallest absolute Gasteiger partial charge is 0.333 e. The molecule has 186 valence electrons. The highest BCUT2D eigenvalue weighted by molar-refractivity contribution is 6.02. The monoisotopic (exact) mass is 490 g/mol. The molecule has 11 nitrogen and oxygen atoms in total. The number of amides is 4. The number of hydrazine groups is 1. The van der Waals surface area contributed by atoms with Crippen molar-refractivity contribution in [3.63, 3.8) is 0 Å². The number of methoxy groups -OCH3 is 1. The third-order valence-electron chi connectivity index (χ3n) is 5.33. The Hall–Kier alpha value is -4.80. The van der Waals surface area contributed by atoms with Crippen LogP contribution in [0.3, 0.4) is 0 Å². The molecule has 0 fully saturated rings. The van der Waals surface area contributed by atoms with Crippen LogP contribution in [0.2, 0.25) is 0 Å². The van der Waals surface area contributed by atoms with Crippen LogP contribution in [0, 0.1) is 0 Å². The maximum absolute atomic E-state index is 12.8. The lowest BCUT2D eigenvalue weighted by Crippen LogP contribution is -2.46. The van der Waals surface area contributed by atoms with Crippen molar-refractivity contribution >= 4 is 39.8 Å². The van der Waals surface area contributed by atoms with Crippen LogP contribution >= 0.6 is 0 Å². The van der Waals surface area contributed by atoms with Crippen LogP contribution in [-0.4, -0.2) is 47.7 Å². The minimum atomic E-state index is -0.567. The topological polar surface area (TPSA) is 136 Å². The highest BCUT2D eigenvalue weighted by Crippen LogP contribution is 2.34. The van der Waals surface area contributed by atoms with E-state index in [0.717, 1.165) is 10.9 Å². The number of nitrogens with zero attached hydrogens (tertiary/aromatic N) is 2. The lowest BCUT2D eigenvalue weighted by atomic mass is 10.1. The quantitative estimate of drug-likeness (QED) is 0.305. The van der Waals surface area contributed by atoms with Gasteiger partial charge in [-0.1, -0.05) is 0 Å². The van der Waals surface area contributed by atoms with Gasteiger partial charge in [0.05, 0.1) is 23.7 Å². The molecule has 0 unspecified atom stereocenters. The van der Waals surface area contributed by atoms with Crippen molar-refractivity contribution in [1.29, 1.82) is 0 Å². The van der Waals surface area contributed by atoms with Crippen LogP contribution in [0.25, 0.3) is 21.8 Å². The first-order chi connectivity index (χ1) is 17.4. The highest BCUT2D eigenvalue weighted by atomic mass is 16.5. The predicted molar refractivity (Wildman–Crippen MR) is 134 cm³/mol. The first-order valence-electron chi connectivity index (χ1n) is 11.3. The Morgan fingerprint density at radius 1 is 0.944 bits per heavy atom. The molecule has 0 bridgehead atoms. The summed E-state index contributed by atoms with van der Waals surface area (Å²) in [6.45, 7) is 4.56. The molecule has 2 aromatic carbocycles. The number of benzene rings is 2. The Morgan fingerprint density at radius 2 is 1.75 bits per heavy atom. The van der Waals surface area contributed by atoms with Gasteiger partial charge in [-0.3, -0.25) is 19.8 Å². The Balaban J connectivity index is 1.65. The van der Waals surface area contributed by atoms with Crippen molar-refractivity contribution in [2.24, 2.45) is 0 Å². The zero-order valence-electron chi connectivity index (χ0n) is 20.0. The molecule has 0 atom stereocenters. The largest absolute Gasteiger partial charge is 0.496 e. The molecule has 0 saturated carbocycles. The summed E-state index contributed by atoms with van der Waals surface area (Å²) in [7, 11) is 1.44. The fraction of sp³-hybridized carbons (Fsp3) is 0.200. The van der Waals surface area contributed by atoms with E-state index in [-0.39, 0.29) is 17.3 Å². The van der Waals surface area contributed by atoms with Gasteiger partial charge in [-0.25, -0.2) is 15.0 Å². The van der Waals surface area contributed by atoms with Crippen molar-refractivity contribution < 1.29 is 23.9 Å². The minimum absolute atomic E-state index is 0.189. The van der Waals surface area contributed by atoms with Gasteiger partial charge in [-0.15, -0.1) is 0 Å². The summed E-state index contributed by atoms with van der Waals surface area (Å²) in [6, 6.07) is 11.4. The Kier molecular flexibility index (Phi) is 7.19. The minimum Gasteiger partial charge on any atom is -0.496 e. The van der Waals surface area contributed by atoms with Gasteiger partial charge in [0, 0.05) is 42.3 Å². The Labute approximate surface area is 206 Å². The highest BCUT2D eigenvalue weighted by Gasteiger charge is 2.17. The summed E-state index contributed by atoms with van der Waals surface area (Å²) in [5, 5.41) is 6.70. The fourth-order valence-corrected chi connectivity index (χ4v) is 3.69. The fourth-order valence-electron chi connectivity index (χ4n) is 3.69. The number of rotatable bonds is 6. The average Bonchev–Trinajstić information content (AvgIpc) is 3.30. The van der Waals surface area contributed by atoms with Gasteiger partial charge in [-0.05, 0) is 50.2 Å². The number of aromatic nitrogens is 2. The summed E-state index contributed by atoms with van der Waals surface area (Å²) in [6.07, 6.45) is 3.30. The predicted octanol–water partition coefficient (Wildman–Crippen LogP) is 3.53. The molecule has 0 radical (unpaired) electrons. The number of pyridine rings is 1. The number of urea groups is 1. The van der Waals surface area contributed by atoms with Crippen LogP contribution in [-0.2, 0) is 0 Å². The van der Waals surface area contributed by atoms with Crippen LogP contribution in [0.1, 0.15) is 24.2 Å². The third kappa shape index (κ3) is 4.99. The Morgan fingerprint density at radius 3 is 2.50 bits per heavy atom. The second-order valence-electron chi connectivity index (χ2n) is 7.66. The van der Waals surface area contributed by atoms with Crippen molar-refractivity contribution in [3.05, 3.63) is 60.4 Å². The molecule has 0 aliphatic carbocycles. The summed E-state index contributed by atoms with van der Waals surface area (Å²) < 4.78 is 13.1. The van der Waals surface area contributed by atoms with Gasteiger partial charge in [0.15, 0.2) is 0 Å². The average molecular weight is 491 g/mol. The summed E-state index contributed by atoms with van der Waals surface area (Å²) in [4.78, 5) is 41.0. The van der Waals surface area contributed by atoms with E-state index in [1.807, 2.05) is 19.1 Å². The molecule has 2 aromatic heterocycles. The van der Waals surface area contributed by atoms with E-state index >= 15 is 0 Å². The number of ether oxygens (including phenoxy) is 2. The SMILES string of the molecule is CCNC(=O)NNC(=O)c1cc2c(Oc3ccc4c(ccn4C(=O)NCC)c3)ccnc2cc1OC. The maximum Gasteiger partial charge on any atom is 0.333 e. The van der Waals surface area contributed by atoms with E-state index in [9.17, 15) is 14.4 Å². The number of fused-ring (bicyclic) bond motifs is 2. The molecule has 4 N–H and O–H groups in total. The van der Waals surface area contributed by atoms with Gasteiger partial charge < -0.3 is 20.1 Å². The first-order valence-corrected chi connectivity index (χ1v) is 11.3. The zero-order valence-corrected chi connectivity index (χ0v) is 20.0. The zero-order chi connectivity index (χ0) is 25.7. The summed E-state index contributed by atoms with van der Waals surface area (Å²) in [5.41, 5.74) is 6.14. The summed E-state index contributed by atoms with van der Waals surface area (Å²) >= 11 is 0. The first kappa shape index (κ1) is 24.3. The maximum atomic E-state index is 12.8. The number of hydrogen-bond donors (Lipinski definition) is 4. The second kappa shape index (κ2) is 10.6. The molecule has 0 spiro atoms. The van der Waals surface area contributed by atoms with E-state index in [1.165, 1.54) is 11.7 Å². The van der Waals surface area contributed by atoms with E-state index in [4.69, 9.17) is 9.47 Å². The summed E-state index contributed by atoms with van der Waals surface area (Å²) in [5.74, 6) is 0.734. The lowest BCUT2D eigenvalue weighted by Gasteiger charge is -2.14. The van der Waals surface area contributed by atoms with Gasteiger partial charge >= 0.3 is 12.1 Å².